The molecule has 3 atom stereocenters. The van der Waals surface area contributed by atoms with Crippen LogP contribution in [-0.2, 0) is 25.1 Å². The Morgan fingerprint density at radius 1 is 1.56 bits per heavy atom. The van der Waals surface area contributed by atoms with E-state index >= 15 is 0 Å². The smallest absolute Gasteiger partial charge is 0.774 e. The Bertz CT molecular complexity index is 754. The van der Waals surface area contributed by atoms with Gasteiger partial charge in [0.05, 0.1) is 11.9 Å². The minimum absolute atomic E-state index is 0. The van der Waals surface area contributed by atoms with E-state index in [2.05, 4.69) is 9.84 Å². The molecule has 1 N–H and O–H groups in total. The third-order valence-electron chi connectivity index (χ3n) is 3.85. The van der Waals surface area contributed by atoms with Crippen molar-refractivity contribution in [1.82, 2.24) is 10.2 Å². The average molecular weight is 410 g/mol. The van der Waals surface area contributed by atoms with Crippen molar-refractivity contribution in [2.45, 2.75) is 24.8 Å². The van der Waals surface area contributed by atoms with Crippen molar-refractivity contribution in [3.05, 3.63) is 33.4 Å². The number of nitrogens with one attached hydrogen (secondary N) is 1. The molecule has 0 aromatic carbocycles. The molecule has 25 heavy (non-hydrogen) atoms. The van der Waals surface area contributed by atoms with Crippen LogP contribution in [0.4, 0.5) is 0 Å². The van der Waals surface area contributed by atoms with Gasteiger partial charge in [0.25, 0.3) is 5.91 Å². The molecular weight excluding hydrogens is 394 g/mol. The molecule has 130 valence electrons. The second-order valence-corrected chi connectivity index (χ2v) is 9.42. The van der Waals surface area contributed by atoms with Gasteiger partial charge in [-0.1, -0.05) is 6.07 Å². The number of carbonyl (C=O) groups excluding carboxylic acids is 2. The summed E-state index contributed by atoms with van der Waals surface area (Å²) >= 11 is 2.90. The summed E-state index contributed by atoms with van der Waals surface area (Å²) in [5.74, 6) is -0.202. The number of amides is 2. The van der Waals surface area contributed by atoms with E-state index in [1.54, 1.807) is 6.92 Å². The number of hydrogen-bond acceptors (Lipinski definition) is 7. The fraction of sp³-hybridized carbons (Fsp3) is 0.429. The number of thiophene rings is 1. The first-order chi connectivity index (χ1) is 11.3. The largest absolute Gasteiger partial charge is 1.00 e. The normalized spacial score (nSPS) is 24.8. The zero-order chi connectivity index (χ0) is 17.5. The van der Waals surface area contributed by atoms with E-state index in [-0.39, 0.29) is 47.3 Å². The average Bonchev–Trinajstić information content (AvgIpc) is 3.05. The van der Waals surface area contributed by atoms with E-state index in [9.17, 15) is 19.0 Å². The van der Waals surface area contributed by atoms with Crippen LogP contribution < -0.4 is 39.8 Å². The monoisotopic (exact) mass is 410 g/mol. The Hall–Kier alpha value is -0.120. The van der Waals surface area contributed by atoms with Gasteiger partial charge in [0.2, 0.25) is 5.91 Å². The predicted molar refractivity (Wildman–Crippen MR) is 90.4 cm³/mol. The summed E-state index contributed by atoms with van der Waals surface area (Å²) in [6, 6.07) is 3.00. The minimum Gasteiger partial charge on any atom is -0.774 e. The van der Waals surface area contributed by atoms with Gasteiger partial charge in [-0.2, -0.15) is 0 Å². The van der Waals surface area contributed by atoms with Gasteiger partial charge in [-0.05, 0) is 23.9 Å². The van der Waals surface area contributed by atoms with E-state index in [4.69, 9.17) is 0 Å². The van der Waals surface area contributed by atoms with Gasteiger partial charge in [0, 0.05) is 17.7 Å². The molecule has 0 spiro atoms. The van der Waals surface area contributed by atoms with Gasteiger partial charge in [-0.15, -0.1) is 23.1 Å². The summed E-state index contributed by atoms with van der Waals surface area (Å²) < 4.78 is 16.7. The molecular formula is C14H16N2NaO5PS2. The number of fused-ring (bicyclic) bond motifs is 1. The Morgan fingerprint density at radius 3 is 2.88 bits per heavy atom. The third kappa shape index (κ3) is 4.09. The van der Waals surface area contributed by atoms with Crippen molar-refractivity contribution in [2.75, 3.05) is 12.9 Å². The van der Waals surface area contributed by atoms with Crippen LogP contribution in [0.25, 0.3) is 0 Å². The maximum Gasteiger partial charge on any atom is 1.00 e. The molecule has 3 rings (SSSR count). The molecule has 1 unspecified atom stereocenters. The molecule has 2 aliphatic heterocycles. The fourth-order valence-electron chi connectivity index (χ4n) is 2.72. The minimum atomic E-state index is -4.28. The second kappa shape index (κ2) is 8.27. The van der Waals surface area contributed by atoms with Crippen molar-refractivity contribution in [2.24, 2.45) is 0 Å². The molecule has 0 radical (unpaired) electrons. The molecule has 0 aliphatic carbocycles. The van der Waals surface area contributed by atoms with Crippen LogP contribution in [0.3, 0.4) is 0 Å². The van der Waals surface area contributed by atoms with Crippen molar-refractivity contribution in [3.8, 4) is 0 Å². The molecule has 11 heteroatoms. The van der Waals surface area contributed by atoms with Crippen molar-refractivity contribution in [3.63, 3.8) is 0 Å². The number of thioether (sulfide) groups is 1. The summed E-state index contributed by atoms with van der Waals surface area (Å²) in [5.41, 5.74) is 0.510. The van der Waals surface area contributed by atoms with E-state index in [1.165, 1.54) is 28.0 Å². The first-order valence-electron chi connectivity index (χ1n) is 7.18. The Labute approximate surface area is 176 Å². The maximum atomic E-state index is 12.4. The Morgan fingerprint density at radius 2 is 2.28 bits per heavy atom. The quantitative estimate of drug-likeness (QED) is 0.347. The first kappa shape index (κ1) is 21.2. The van der Waals surface area contributed by atoms with Crippen LogP contribution >= 0.6 is 30.7 Å². The van der Waals surface area contributed by atoms with E-state index < -0.39 is 24.9 Å². The maximum absolute atomic E-state index is 12.4. The second-order valence-electron chi connectivity index (χ2n) is 5.50. The zero-order valence-corrected chi connectivity index (χ0v) is 18.6. The van der Waals surface area contributed by atoms with E-state index in [0.29, 0.717) is 11.3 Å². The van der Waals surface area contributed by atoms with Gasteiger partial charge in [0.1, 0.15) is 11.4 Å². The number of nitrogens with zero attached hydrogens (tertiary/aromatic N) is 1. The van der Waals surface area contributed by atoms with E-state index in [1.807, 2.05) is 17.5 Å². The number of hydrogen-bond donors (Lipinski definition) is 1. The van der Waals surface area contributed by atoms with Gasteiger partial charge >= 0.3 is 29.6 Å². The zero-order valence-electron chi connectivity index (χ0n) is 14.1. The molecule has 0 saturated carbocycles. The topological polar surface area (TPSA) is 98.8 Å². The molecule has 2 amide bonds. The van der Waals surface area contributed by atoms with Crippen LogP contribution in [0.15, 0.2) is 28.5 Å². The molecule has 0 bridgehead atoms. The summed E-state index contributed by atoms with van der Waals surface area (Å²) in [5, 5.41) is 4.17. The van der Waals surface area contributed by atoms with Crippen LogP contribution in [0.5, 0.6) is 0 Å². The van der Waals surface area contributed by atoms with Crippen LogP contribution in [0, 0.1) is 0 Å². The molecule has 3 heterocycles. The predicted octanol–water partition coefficient (Wildman–Crippen LogP) is -1.87. The van der Waals surface area contributed by atoms with Crippen LogP contribution in [0.2, 0.25) is 0 Å². The summed E-state index contributed by atoms with van der Waals surface area (Å²) in [6.07, 6.45) is 0.207. The molecule has 1 aromatic heterocycles. The molecule has 1 aromatic rings. The summed E-state index contributed by atoms with van der Waals surface area (Å²) in [4.78, 5) is 38.7. The van der Waals surface area contributed by atoms with Gasteiger partial charge < -0.3 is 19.3 Å². The van der Waals surface area contributed by atoms with Crippen molar-refractivity contribution in [1.29, 1.82) is 0 Å². The van der Waals surface area contributed by atoms with Gasteiger partial charge in [-0.25, -0.2) is 0 Å². The molecule has 2 aliphatic rings. The SMILES string of the molecule is COP(=O)([O-])C1=C(C)CS[C@H]2[C@H](NC(=O)Cc3cccs3)C(=O)N12.[Na+]. The van der Waals surface area contributed by atoms with Gasteiger partial charge in [0.15, 0.2) is 7.60 Å². The van der Waals surface area contributed by atoms with Crippen molar-refractivity contribution < 1.29 is 53.1 Å². The standard InChI is InChI=1S/C14H17N2O5PS2.Na/c1-8-7-24-14-11(15-10(17)6-9-4-3-5-23-9)12(18)16(14)13(8)22(19,20)21-2;/h3-5,11,14H,6-7H2,1-2H3,(H,15,17)(H,19,20);/q;+1/p-1/t11-,14+;/m1./s1. The van der Waals surface area contributed by atoms with Gasteiger partial charge in [-0.3, -0.25) is 14.5 Å². The number of rotatable bonds is 5. The molecule has 7 nitrogen and oxygen atoms in total. The van der Waals surface area contributed by atoms with E-state index in [0.717, 1.165) is 12.0 Å². The fourth-order valence-corrected chi connectivity index (χ4v) is 6.11. The summed E-state index contributed by atoms with van der Waals surface area (Å²) in [7, 11) is -3.20. The van der Waals surface area contributed by atoms with Crippen molar-refractivity contribution >= 4 is 42.5 Å². The number of β-lactam (4-membered cyclic amide) rings is 1. The summed E-state index contributed by atoms with van der Waals surface area (Å²) in [6.45, 7) is 1.66. The Kier molecular flexibility index (Phi) is 7.01. The Balaban J connectivity index is 0.00000225. The first-order valence-corrected chi connectivity index (χ1v) is 10.7. The van der Waals surface area contributed by atoms with Crippen LogP contribution in [0.1, 0.15) is 11.8 Å². The molecule has 1 fully saturated rings. The third-order valence-corrected chi connectivity index (χ3v) is 7.75. The number of carbonyl (C=O) groups is 2. The van der Waals surface area contributed by atoms with Crippen LogP contribution in [-0.4, -0.2) is 41.0 Å². The molecule has 1 saturated heterocycles.